The molecule has 0 aromatic heterocycles. The number of aliphatic hydroxyl groups is 1. The largest absolute Gasteiger partial charge is 0.391 e. The van der Waals surface area contributed by atoms with E-state index in [1.807, 2.05) is 0 Å². The number of aliphatic hydroxyl groups excluding tert-OH is 1. The number of nitrogens with one attached hydrogen (secondary N) is 1. The van der Waals surface area contributed by atoms with Crippen LogP contribution in [0, 0.1) is 0 Å². The van der Waals surface area contributed by atoms with Crippen molar-refractivity contribution in [2.75, 3.05) is 20.1 Å². The average molecular weight is 265 g/mol. The fourth-order valence-corrected chi connectivity index (χ4v) is 3.17. The lowest BCUT2D eigenvalue weighted by atomic mass is 9.93. The number of rotatable bonds is 6. The molecule has 0 bridgehead atoms. The van der Waals surface area contributed by atoms with Gasteiger partial charge in [0, 0.05) is 19.6 Å². The van der Waals surface area contributed by atoms with Gasteiger partial charge in [-0.1, -0.05) is 12.8 Å². The Balaban J connectivity index is 2.52. The van der Waals surface area contributed by atoms with Crippen molar-refractivity contribution in [3.63, 3.8) is 0 Å². The van der Waals surface area contributed by atoms with E-state index in [1.165, 1.54) is 11.4 Å². The van der Waals surface area contributed by atoms with Crippen LogP contribution in [0.4, 0.5) is 0 Å². The molecule has 1 rings (SSSR count). The smallest absolute Gasteiger partial charge is 0.279 e. The fourth-order valence-electron chi connectivity index (χ4n) is 1.96. The minimum Gasteiger partial charge on any atom is -0.391 e. The molecule has 0 radical (unpaired) electrons. The quantitative estimate of drug-likeness (QED) is 0.598. The molecular formula is C10H23N3O3S. The topological polar surface area (TPSA) is 95.7 Å². The Morgan fingerprint density at radius 2 is 2.06 bits per heavy atom. The molecular weight excluding hydrogens is 242 g/mol. The van der Waals surface area contributed by atoms with Crippen LogP contribution in [-0.4, -0.2) is 50.1 Å². The van der Waals surface area contributed by atoms with Gasteiger partial charge in [-0.3, -0.25) is 0 Å². The van der Waals surface area contributed by atoms with Gasteiger partial charge in [-0.2, -0.15) is 17.4 Å². The van der Waals surface area contributed by atoms with Crippen molar-refractivity contribution in [2.45, 2.75) is 44.2 Å². The molecule has 0 aliphatic heterocycles. The van der Waals surface area contributed by atoms with E-state index < -0.39 is 16.3 Å². The maximum Gasteiger partial charge on any atom is 0.279 e. The van der Waals surface area contributed by atoms with Gasteiger partial charge >= 0.3 is 0 Å². The second kappa shape index (κ2) is 6.65. The minimum atomic E-state index is -3.50. The highest BCUT2D eigenvalue weighted by Gasteiger charge is 2.28. The number of nitrogens with zero attached hydrogens (tertiary/aromatic N) is 1. The van der Waals surface area contributed by atoms with Gasteiger partial charge in [-0.25, -0.2) is 0 Å². The van der Waals surface area contributed by atoms with Gasteiger partial charge < -0.3 is 10.8 Å². The lowest BCUT2D eigenvalue weighted by molar-refractivity contribution is 0.100. The van der Waals surface area contributed by atoms with E-state index in [9.17, 15) is 13.5 Å². The van der Waals surface area contributed by atoms with E-state index >= 15 is 0 Å². The van der Waals surface area contributed by atoms with Crippen LogP contribution >= 0.6 is 0 Å². The van der Waals surface area contributed by atoms with Crippen molar-refractivity contribution in [2.24, 2.45) is 5.73 Å². The Hall–Kier alpha value is -0.210. The minimum absolute atomic E-state index is 0.353. The molecule has 2 atom stereocenters. The number of nitrogens with two attached hydrogens (primary N) is 1. The van der Waals surface area contributed by atoms with Gasteiger partial charge in [0.1, 0.15) is 0 Å². The van der Waals surface area contributed by atoms with Crippen LogP contribution in [0.2, 0.25) is 0 Å². The third-order valence-corrected chi connectivity index (χ3v) is 4.72. The summed E-state index contributed by atoms with van der Waals surface area (Å²) < 4.78 is 27.6. The Morgan fingerprint density at radius 1 is 1.41 bits per heavy atom. The lowest BCUT2D eigenvalue weighted by Gasteiger charge is -2.29. The van der Waals surface area contributed by atoms with Crippen LogP contribution in [0.1, 0.15) is 32.1 Å². The van der Waals surface area contributed by atoms with Crippen molar-refractivity contribution in [1.82, 2.24) is 9.03 Å². The second-order valence-corrected chi connectivity index (χ2v) is 6.35. The molecule has 0 aromatic rings. The third-order valence-electron chi connectivity index (χ3n) is 3.12. The van der Waals surface area contributed by atoms with Crippen LogP contribution < -0.4 is 10.5 Å². The van der Waals surface area contributed by atoms with E-state index in [1.54, 1.807) is 0 Å². The third kappa shape index (κ3) is 4.51. The lowest BCUT2D eigenvalue weighted by Crippen LogP contribution is -2.50. The van der Waals surface area contributed by atoms with Gasteiger partial charge in [-0.15, -0.1) is 0 Å². The zero-order chi connectivity index (χ0) is 12.9. The van der Waals surface area contributed by atoms with Crippen LogP contribution in [0.15, 0.2) is 0 Å². The Bertz CT molecular complexity index is 321. The summed E-state index contributed by atoms with van der Waals surface area (Å²) in [5.74, 6) is 0. The maximum atomic E-state index is 11.9. The molecule has 102 valence electrons. The van der Waals surface area contributed by atoms with Crippen LogP contribution in [0.25, 0.3) is 0 Å². The zero-order valence-corrected chi connectivity index (χ0v) is 11.1. The van der Waals surface area contributed by atoms with E-state index in [-0.39, 0.29) is 6.04 Å². The Kier molecular flexibility index (Phi) is 5.81. The Labute approximate surface area is 103 Å². The standard InChI is InChI=1S/C10H23N3O3S/c1-13(8-4-7-11)17(15,16)12-9-5-2-3-6-10(9)14/h9-10,12,14H,2-8,11H2,1H3. The van der Waals surface area contributed by atoms with Gasteiger partial charge in [0.05, 0.1) is 6.10 Å². The summed E-state index contributed by atoms with van der Waals surface area (Å²) in [5.41, 5.74) is 5.34. The predicted octanol–water partition coefficient (Wildman–Crippen LogP) is -0.595. The van der Waals surface area contributed by atoms with Gasteiger partial charge in [0.15, 0.2) is 0 Å². The normalized spacial score (nSPS) is 26.4. The van der Waals surface area contributed by atoms with Crippen molar-refractivity contribution in [1.29, 1.82) is 0 Å². The molecule has 6 nitrogen and oxygen atoms in total. The molecule has 0 saturated heterocycles. The monoisotopic (exact) mass is 265 g/mol. The highest BCUT2D eigenvalue weighted by atomic mass is 32.2. The maximum absolute atomic E-state index is 11.9. The van der Waals surface area contributed by atoms with Crippen LogP contribution in [0.3, 0.4) is 0 Å². The molecule has 4 N–H and O–H groups in total. The molecule has 1 fully saturated rings. The summed E-state index contributed by atoms with van der Waals surface area (Å²) in [6.45, 7) is 0.862. The highest BCUT2D eigenvalue weighted by Crippen LogP contribution is 2.19. The SMILES string of the molecule is CN(CCCN)S(=O)(=O)NC1CCCCC1O. The van der Waals surface area contributed by atoms with Crippen LogP contribution in [-0.2, 0) is 10.2 Å². The summed E-state index contributed by atoms with van der Waals surface area (Å²) >= 11 is 0. The fraction of sp³-hybridized carbons (Fsp3) is 1.00. The molecule has 1 aliphatic rings. The molecule has 0 heterocycles. The predicted molar refractivity (Wildman–Crippen MR) is 66.6 cm³/mol. The van der Waals surface area contributed by atoms with Gasteiger partial charge in [0.2, 0.25) is 0 Å². The summed E-state index contributed by atoms with van der Waals surface area (Å²) in [7, 11) is -1.98. The van der Waals surface area contributed by atoms with E-state index in [0.717, 1.165) is 12.8 Å². The van der Waals surface area contributed by atoms with Crippen molar-refractivity contribution >= 4 is 10.2 Å². The first kappa shape index (κ1) is 14.8. The first-order valence-corrected chi connectivity index (χ1v) is 7.53. The van der Waals surface area contributed by atoms with Crippen LogP contribution in [0.5, 0.6) is 0 Å². The van der Waals surface area contributed by atoms with Crippen molar-refractivity contribution in [3.05, 3.63) is 0 Å². The van der Waals surface area contributed by atoms with E-state index in [0.29, 0.717) is 32.4 Å². The summed E-state index contributed by atoms with van der Waals surface area (Å²) in [4.78, 5) is 0. The first-order chi connectivity index (χ1) is 7.97. The van der Waals surface area contributed by atoms with Crippen molar-refractivity contribution in [3.8, 4) is 0 Å². The van der Waals surface area contributed by atoms with E-state index in [2.05, 4.69) is 4.72 Å². The zero-order valence-electron chi connectivity index (χ0n) is 10.3. The molecule has 7 heteroatoms. The molecule has 0 amide bonds. The molecule has 0 spiro atoms. The summed E-state index contributed by atoms with van der Waals surface area (Å²) in [6, 6.07) is -0.353. The Morgan fingerprint density at radius 3 is 2.65 bits per heavy atom. The molecule has 1 aliphatic carbocycles. The summed E-state index contributed by atoms with van der Waals surface area (Å²) in [5, 5.41) is 9.72. The average Bonchev–Trinajstić information content (AvgIpc) is 2.28. The number of hydrogen-bond acceptors (Lipinski definition) is 4. The van der Waals surface area contributed by atoms with Gasteiger partial charge in [-0.05, 0) is 25.8 Å². The molecule has 2 unspecified atom stereocenters. The van der Waals surface area contributed by atoms with E-state index in [4.69, 9.17) is 5.73 Å². The second-order valence-electron chi connectivity index (χ2n) is 4.54. The van der Waals surface area contributed by atoms with Crippen molar-refractivity contribution < 1.29 is 13.5 Å². The number of hydrogen-bond donors (Lipinski definition) is 3. The van der Waals surface area contributed by atoms with Gasteiger partial charge in [0.25, 0.3) is 10.2 Å². The molecule has 17 heavy (non-hydrogen) atoms. The molecule has 0 aromatic carbocycles. The molecule has 1 saturated carbocycles. The summed E-state index contributed by atoms with van der Waals surface area (Å²) in [6.07, 6.45) is 3.34. The highest BCUT2D eigenvalue weighted by molar-refractivity contribution is 7.87. The first-order valence-electron chi connectivity index (χ1n) is 6.09.